The van der Waals surface area contributed by atoms with E-state index in [4.69, 9.17) is 10.5 Å². The molecule has 1 heterocycles. The second-order valence-corrected chi connectivity index (χ2v) is 5.12. The van der Waals surface area contributed by atoms with E-state index in [1.165, 1.54) is 5.56 Å². The van der Waals surface area contributed by atoms with Crippen LogP contribution in [0.1, 0.15) is 23.6 Å². The van der Waals surface area contributed by atoms with Gasteiger partial charge in [0.1, 0.15) is 5.82 Å². The third kappa shape index (κ3) is 2.16. The lowest BCUT2D eigenvalue weighted by Gasteiger charge is -2.36. The van der Waals surface area contributed by atoms with E-state index >= 15 is 0 Å². The van der Waals surface area contributed by atoms with Crippen molar-refractivity contribution in [3.05, 3.63) is 35.1 Å². The fraction of sp³-hybridized carbons (Fsp3) is 0.571. The van der Waals surface area contributed by atoms with Crippen LogP contribution in [0.3, 0.4) is 0 Å². The summed E-state index contributed by atoms with van der Waals surface area (Å²) in [5.41, 5.74) is 8.13. The van der Waals surface area contributed by atoms with E-state index in [-0.39, 0.29) is 11.9 Å². The molecule has 1 fully saturated rings. The molecule has 0 bridgehead atoms. The molecule has 2 N–H and O–H groups in total. The third-order valence-electron chi connectivity index (χ3n) is 4.02. The predicted molar refractivity (Wildman–Crippen MR) is 67.8 cm³/mol. The molecule has 18 heavy (non-hydrogen) atoms. The average Bonchev–Trinajstić information content (AvgIpc) is 2.81. The van der Waals surface area contributed by atoms with Crippen LogP contribution in [-0.4, -0.2) is 37.2 Å². The summed E-state index contributed by atoms with van der Waals surface area (Å²) in [7, 11) is 0. The largest absolute Gasteiger partial charge is 0.374 e. The Bertz CT molecular complexity index is 438. The second-order valence-electron chi connectivity index (χ2n) is 5.12. The SMILES string of the molecule is NCC1CN(C2CCc3cc(F)ccc32)CCO1. The standard InChI is InChI=1S/C14H19FN2O/c15-11-2-3-13-10(7-11)1-4-14(13)17-5-6-18-12(8-16)9-17/h2-3,7,12,14H,1,4-6,8-9,16H2. The molecular weight excluding hydrogens is 231 g/mol. The lowest BCUT2D eigenvalue weighted by atomic mass is 10.1. The van der Waals surface area contributed by atoms with Gasteiger partial charge in [0, 0.05) is 25.7 Å². The summed E-state index contributed by atoms with van der Waals surface area (Å²) in [6.07, 6.45) is 2.20. The Morgan fingerprint density at radius 1 is 1.44 bits per heavy atom. The van der Waals surface area contributed by atoms with E-state index in [1.54, 1.807) is 12.1 Å². The first kappa shape index (κ1) is 12.1. The highest BCUT2D eigenvalue weighted by Gasteiger charge is 2.31. The van der Waals surface area contributed by atoms with Crippen LogP contribution < -0.4 is 5.73 Å². The number of nitrogens with two attached hydrogens (primary N) is 1. The predicted octanol–water partition coefficient (Wildman–Crippen LogP) is 1.47. The molecule has 3 rings (SSSR count). The minimum Gasteiger partial charge on any atom is -0.374 e. The Morgan fingerprint density at radius 2 is 2.33 bits per heavy atom. The maximum Gasteiger partial charge on any atom is 0.123 e. The van der Waals surface area contributed by atoms with Crippen LogP contribution in [-0.2, 0) is 11.2 Å². The van der Waals surface area contributed by atoms with Crippen molar-refractivity contribution >= 4 is 0 Å². The van der Waals surface area contributed by atoms with Crippen LogP contribution in [0.25, 0.3) is 0 Å². The van der Waals surface area contributed by atoms with Gasteiger partial charge in [0.15, 0.2) is 0 Å². The molecule has 0 radical (unpaired) electrons. The zero-order chi connectivity index (χ0) is 12.5. The minimum atomic E-state index is -0.129. The van der Waals surface area contributed by atoms with Crippen molar-refractivity contribution in [2.45, 2.75) is 25.0 Å². The molecule has 4 heteroatoms. The van der Waals surface area contributed by atoms with Crippen LogP contribution in [0.2, 0.25) is 0 Å². The summed E-state index contributed by atoms with van der Waals surface area (Å²) in [6.45, 7) is 3.14. The Balaban J connectivity index is 1.79. The number of benzene rings is 1. The van der Waals surface area contributed by atoms with Crippen LogP contribution in [0.5, 0.6) is 0 Å². The molecule has 2 unspecified atom stereocenters. The quantitative estimate of drug-likeness (QED) is 0.864. The van der Waals surface area contributed by atoms with E-state index in [2.05, 4.69) is 4.90 Å². The zero-order valence-corrected chi connectivity index (χ0v) is 10.4. The van der Waals surface area contributed by atoms with Crippen molar-refractivity contribution in [2.75, 3.05) is 26.2 Å². The number of hydrogen-bond acceptors (Lipinski definition) is 3. The number of nitrogens with zero attached hydrogens (tertiary/aromatic N) is 1. The summed E-state index contributed by atoms with van der Waals surface area (Å²) >= 11 is 0. The number of halogens is 1. The van der Waals surface area contributed by atoms with Gasteiger partial charge in [-0.25, -0.2) is 4.39 Å². The smallest absolute Gasteiger partial charge is 0.123 e. The van der Waals surface area contributed by atoms with Crippen molar-refractivity contribution in [1.82, 2.24) is 4.90 Å². The Hall–Kier alpha value is -0.970. The number of aryl methyl sites for hydroxylation is 1. The first-order valence-corrected chi connectivity index (χ1v) is 6.62. The molecule has 0 aromatic heterocycles. The molecule has 2 atom stereocenters. The first-order chi connectivity index (χ1) is 8.78. The van der Waals surface area contributed by atoms with Gasteiger partial charge in [0.25, 0.3) is 0 Å². The van der Waals surface area contributed by atoms with Gasteiger partial charge in [-0.05, 0) is 36.1 Å². The number of ether oxygens (including phenoxy) is 1. The number of hydrogen-bond donors (Lipinski definition) is 1. The van der Waals surface area contributed by atoms with Gasteiger partial charge in [-0.15, -0.1) is 0 Å². The highest BCUT2D eigenvalue weighted by molar-refractivity contribution is 5.35. The summed E-state index contributed by atoms with van der Waals surface area (Å²) in [6, 6.07) is 5.60. The van der Waals surface area contributed by atoms with Crippen molar-refractivity contribution in [1.29, 1.82) is 0 Å². The van der Waals surface area contributed by atoms with Gasteiger partial charge in [-0.2, -0.15) is 0 Å². The molecule has 98 valence electrons. The average molecular weight is 250 g/mol. The topological polar surface area (TPSA) is 38.5 Å². The van der Waals surface area contributed by atoms with Gasteiger partial charge >= 0.3 is 0 Å². The maximum atomic E-state index is 13.2. The summed E-state index contributed by atoms with van der Waals surface area (Å²) in [5, 5.41) is 0. The van der Waals surface area contributed by atoms with Gasteiger partial charge < -0.3 is 10.5 Å². The molecule has 1 saturated heterocycles. The highest BCUT2D eigenvalue weighted by atomic mass is 19.1. The van der Waals surface area contributed by atoms with E-state index < -0.39 is 0 Å². The van der Waals surface area contributed by atoms with E-state index in [1.807, 2.05) is 6.07 Å². The van der Waals surface area contributed by atoms with Gasteiger partial charge in [0.2, 0.25) is 0 Å². The minimum absolute atomic E-state index is 0.129. The number of morpholine rings is 1. The molecule has 3 nitrogen and oxygen atoms in total. The van der Waals surface area contributed by atoms with Crippen molar-refractivity contribution < 1.29 is 9.13 Å². The van der Waals surface area contributed by atoms with Crippen LogP contribution in [0.15, 0.2) is 18.2 Å². The molecule has 2 aliphatic rings. The third-order valence-corrected chi connectivity index (χ3v) is 4.02. The van der Waals surface area contributed by atoms with Crippen molar-refractivity contribution in [2.24, 2.45) is 5.73 Å². The fourth-order valence-corrected chi connectivity index (χ4v) is 3.11. The Kier molecular flexibility index (Phi) is 3.33. The molecule has 1 aromatic carbocycles. The molecule has 0 spiro atoms. The maximum absolute atomic E-state index is 13.2. The monoisotopic (exact) mass is 250 g/mol. The normalized spacial score (nSPS) is 28.3. The fourth-order valence-electron chi connectivity index (χ4n) is 3.11. The van der Waals surface area contributed by atoms with Gasteiger partial charge in [-0.3, -0.25) is 4.90 Å². The zero-order valence-electron chi connectivity index (χ0n) is 10.4. The summed E-state index contributed by atoms with van der Waals surface area (Å²) in [4.78, 5) is 2.44. The van der Waals surface area contributed by atoms with Crippen LogP contribution in [0.4, 0.5) is 4.39 Å². The molecule has 1 aliphatic carbocycles. The highest BCUT2D eigenvalue weighted by Crippen LogP contribution is 2.36. The van der Waals surface area contributed by atoms with E-state index in [0.29, 0.717) is 12.6 Å². The Labute approximate surface area is 107 Å². The lowest BCUT2D eigenvalue weighted by molar-refractivity contribution is -0.0387. The van der Waals surface area contributed by atoms with E-state index in [0.717, 1.165) is 38.1 Å². The van der Waals surface area contributed by atoms with Gasteiger partial charge in [-0.1, -0.05) is 6.07 Å². The molecular formula is C14H19FN2O. The molecule has 0 amide bonds. The Morgan fingerprint density at radius 3 is 3.17 bits per heavy atom. The van der Waals surface area contributed by atoms with Gasteiger partial charge in [0.05, 0.1) is 12.7 Å². The molecule has 1 aliphatic heterocycles. The van der Waals surface area contributed by atoms with Crippen molar-refractivity contribution in [3.8, 4) is 0 Å². The second kappa shape index (κ2) is 4.96. The van der Waals surface area contributed by atoms with Crippen LogP contribution >= 0.6 is 0 Å². The van der Waals surface area contributed by atoms with E-state index in [9.17, 15) is 4.39 Å². The lowest BCUT2D eigenvalue weighted by Crippen LogP contribution is -2.46. The molecule has 1 aromatic rings. The summed E-state index contributed by atoms with van der Waals surface area (Å²) in [5.74, 6) is -0.129. The van der Waals surface area contributed by atoms with Crippen molar-refractivity contribution in [3.63, 3.8) is 0 Å². The summed E-state index contributed by atoms with van der Waals surface area (Å²) < 4.78 is 18.8. The number of fused-ring (bicyclic) bond motifs is 1. The number of rotatable bonds is 2. The van der Waals surface area contributed by atoms with Crippen LogP contribution in [0, 0.1) is 5.82 Å². The molecule has 0 saturated carbocycles. The first-order valence-electron chi connectivity index (χ1n) is 6.62.